The van der Waals surface area contributed by atoms with Crippen molar-refractivity contribution in [1.29, 1.82) is 0 Å². The van der Waals surface area contributed by atoms with E-state index < -0.39 is 15.4 Å². The molecule has 0 spiro atoms. The summed E-state index contributed by atoms with van der Waals surface area (Å²) >= 11 is 0. The van der Waals surface area contributed by atoms with Crippen molar-refractivity contribution in [3.05, 3.63) is 0 Å². The molecule has 1 atom stereocenters. The van der Waals surface area contributed by atoms with Gasteiger partial charge in [-0.2, -0.15) is 0 Å². The van der Waals surface area contributed by atoms with Gasteiger partial charge in [0.05, 0.1) is 17.0 Å². The summed E-state index contributed by atoms with van der Waals surface area (Å²) in [5.41, 5.74) is 4.86. The molecule has 0 aliphatic carbocycles. The van der Waals surface area contributed by atoms with Crippen LogP contribution in [0, 0.1) is 5.92 Å². The number of amides is 1. The molecule has 2 saturated heterocycles. The van der Waals surface area contributed by atoms with Crippen molar-refractivity contribution in [3.8, 4) is 0 Å². The van der Waals surface area contributed by atoms with Crippen LogP contribution < -0.4 is 11.1 Å². The molecular weight excluding hydrogens is 354 g/mol. The van der Waals surface area contributed by atoms with Crippen LogP contribution in [0.2, 0.25) is 0 Å². The molecule has 150 valence electrons. The third-order valence-corrected chi connectivity index (χ3v) is 7.05. The van der Waals surface area contributed by atoms with Crippen molar-refractivity contribution < 1.29 is 13.2 Å². The number of carbonyl (C=O) groups excluding carboxylic acids is 1. The van der Waals surface area contributed by atoms with E-state index in [-0.39, 0.29) is 29.4 Å². The van der Waals surface area contributed by atoms with E-state index in [1.807, 2.05) is 13.8 Å². The van der Waals surface area contributed by atoms with E-state index in [1.165, 1.54) is 0 Å². The number of guanidine groups is 1. The number of sulfone groups is 1. The predicted octanol–water partition coefficient (Wildman–Crippen LogP) is -0.343. The summed E-state index contributed by atoms with van der Waals surface area (Å²) in [6.45, 7) is 11.3. The van der Waals surface area contributed by atoms with Crippen LogP contribution in [-0.4, -0.2) is 85.9 Å². The van der Waals surface area contributed by atoms with E-state index in [2.05, 4.69) is 29.0 Å². The van der Waals surface area contributed by atoms with Gasteiger partial charge >= 0.3 is 0 Å². The average Bonchev–Trinajstić information content (AvgIpc) is 2.90. The SMILES string of the molecule is CC(C)NC(=NCC1CCS(=O)(=O)C1)N1CCN(C(C)(C)C(N)=O)CC1. The molecular formula is C17H33N5O3S. The molecule has 2 heterocycles. The van der Waals surface area contributed by atoms with Gasteiger partial charge in [-0.05, 0) is 40.0 Å². The number of nitrogens with zero attached hydrogens (tertiary/aromatic N) is 3. The summed E-state index contributed by atoms with van der Waals surface area (Å²) in [6.07, 6.45) is 0.696. The van der Waals surface area contributed by atoms with Gasteiger partial charge in [-0.25, -0.2) is 8.42 Å². The molecule has 1 unspecified atom stereocenters. The summed E-state index contributed by atoms with van der Waals surface area (Å²) in [5, 5.41) is 3.39. The van der Waals surface area contributed by atoms with E-state index >= 15 is 0 Å². The highest BCUT2D eigenvalue weighted by Gasteiger charge is 2.35. The number of rotatable bonds is 5. The Bertz CT molecular complexity index is 637. The van der Waals surface area contributed by atoms with Crippen molar-refractivity contribution in [2.75, 3.05) is 44.2 Å². The zero-order chi connectivity index (χ0) is 19.5. The lowest BCUT2D eigenvalue weighted by molar-refractivity contribution is -0.129. The quantitative estimate of drug-likeness (QED) is 0.493. The van der Waals surface area contributed by atoms with Crippen LogP contribution in [0.5, 0.6) is 0 Å². The highest BCUT2D eigenvalue weighted by Crippen LogP contribution is 2.19. The van der Waals surface area contributed by atoms with E-state index in [0.29, 0.717) is 13.0 Å². The number of hydrogen-bond donors (Lipinski definition) is 2. The van der Waals surface area contributed by atoms with E-state index in [4.69, 9.17) is 10.7 Å². The van der Waals surface area contributed by atoms with Crippen LogP contribution in [0.15, 0.2) is 4.99 Å². The van der Waals surface area contributed by atoms with Gasteiger partial charge in [0.25, 0.3) is 0 Å². The van der Waals surface area contributed by atoms with Gasteiger partial charge in [-0.3, -0.25) is 14.7 Å². The van der Waals surface area contributed by atoms with Crippen molar-refractivity contribution in [2.45, 2.75) is 45.7 Å². The second-order valence-corrected chi connectivity index (χ2v) is 10.4. The molecule has 0 aromatic carbocycles. The Balaban J connectivity index is 2.00. The third-order valence-electron chi connectivity index (χ3n) is 5.22. The molecule has 8 nitrogen and oxygen atoms in total. The molecule has 0 bridgehead atoms. The first-order valence-electron chi connectivity index (χ1n) is 9.32. The fraction of sp³-hybridized carbons (Fsp3) is 0.882. The first kappa shape index (κ1) is 21.0. The maximum atomic E-state index is 11.7. The summed E-state index contributed by atoms with van der Waals surface area (Å²) < 4.78 is 23.3. The fourth-order valence-electron chi connectivity index (χ4n) is 3.36. The van der Waals surface area contributed by atoms with Crippen LogP contribution in [0.1, 0.15) is 34.1 Å². The van der Waals surface area contributed by atoms with Gasteiger partial charge in [0.15, 0.2) is 15.8 Å². The minimum absolute atomic E-state index is 0.110. The molecule has 2 aliphatic rings. The lowest BCUT2D eigenvalue weighted by Gasteiger charge is -2.43. The molecule has 2 aliphatic heterocycles. The maximum absolute atomic E-state index is 11.7. The van der Waals surface area contributed by atoms with Crippen LogP contribution in [0.25, 0.3) is 0 Å². The number of hydrogen-bond acceptors (Lipinski definition) is 5. The summed E-state index contributed by atoms with van der Waals surface area (Å²) in [7, 11) is -2.88. The van der Waals surface area contributed by atoms with Crippen LogP contribution >= 0.6 is 0 Å². The highest BCUT2D eigenvalue weighted by molar-refractivity contribution is 7.91. The summed E-state index contributed by atoms with van der Waals surface area (Å²) in [5.74, 6) is 1.13. The van der Waals surface area contributed by atoms with Gasteiger partial charge in [-0.15, -0.1) is 0 Å². The van der Waals surface area contributed by atoms with E-state index in [0.717, 1.165) is 32.1 Å². The van der Waals surface area contributed by atoms with Gasteiger partial charge in [0.2, 0.25) is 5.91 Å². The van der Waals surface area contributed by atoms with Crippen molar-refractivity contribution >= 4 is 21.7 Å². The standard InChI is InChI=1S/C17H33N5O3S/c1-13(2)20-16(19-11-14-5-10-26(24,25)12-14)21-6-8-22(9-7-21)17(3,4)15(18)23/h13-14H,5-12H2,1-4H3,(H2,18,23)(H,19,20). The molecule has 1 amide bonds. The number of nitrogens with two attached hydrogens (primary N) is 1. The summed E-state index contributed by atoms with van der Waals surface area (Å²) in [6, 6.07) is 0.237. The number of aliphatic imine (C=N–C) groups is 1. The lowest BCUT2D eigenvalue weighted by Crippen LogP contribution is -2.61. The largest absolute Gasteiger partial charge is 0.368 e. The molecule has 0 radical (unpaired) electrons. The molecule has 0 saturated carbocycles. The Kier molecular flexibility index (Phi) is 6.55. The Morgan fingerprint density at radius 1 is 1.27 bits per heavy atom. The molecule has 9 heteroatoms. The molecule has 2 rings (SSSR count). The molecule has 3 N–H and O–H groups in total. The topological polar surface area (TPSA) is 108 Å². The second-order valence-electron chi connectivity index (χ2n) is 8.13. The number of primary amides is 1. The minimum atomic E-state index is -2.88. The normalized spacial score (nSPS) is 24.9. The van der Waals surface area contributed by atoms with Crippen molar-refractivity contribution in [1.82, 2.24) is 15.1 Å². The monoisotopic (exact) mass is 387 g/mol. The van der Waals surface area contributed by atoms with Crippen molar-refractivity contribution in [2.24, 2.45) is 16.6 Å². The molecule has 2 fully saturated rings. The van der Waals surface area contributed by atoms with Gasteiger partial charge in [0, 0.05) is 38.8 Å². The number of nitrogens with one attached hydrogen (secondary N) is 1. The van der Waals surface area contributed by atoms with Gasteiger partial charge < -0.3 is 16.0 Å². The Morgan fingerprint density at radius 2 is 1.88 bits per heavy atom. The summed E-state index contributed by atoms with van der Waals surface area (Å²) in [4.78, 5) is 20.7. The van der Waals surface area contributed by atoms with Crippen LogP contribution in [0.3, 0.4) is 0 Å². The zero-order valence-corrected chi connectivity index (χ0v) is 17.2. The van der Waals surface area contributed by atoms with Gasteiger partial charge in [-0.1, -0.05) is 0 Å². The van der Waals surface area contributed by atoms with E-state index in [1.54, 1.807) is 0 Å². The Labute approximate surface area is 157 Å². The maximum Gasteiger partial charge on any atom is 0.237 e. The Morgan fingerprint density at radius 3 is 2.35 bits per heavy atom. The van der Waals surface area contributed by atoms with Crippen LogP contribution in [-0.2, 0) is 14.6 Å². The van der Waals surface area contributed by atoms with Crippen molar-refractivity contribution in [3.63, 3.8) is 0 Å². The molecule has 26 heavy (non-hydrogen) atoms. The number of piperazine rings is 1. The van der Waals surface area contributed by atoms with E-state index in [9.17, 15) is 13.2 Å². The first-order chi connectivity index (χ1) is 12.0. The smallest absolute Gasteiger partial charge is 0.237 e. The minimum Gasteiger partial charge on any atom is -0.368 e. The lowest BCUT2D eigenvalue weighted by atomic mass is 10.0. The molecule has 0 aromatic heterocycles. The predicted molar refractivity (Wildman–Crippen MR) is 104 cm³/mol. The highest BCUT2D eigenvalue weighted by atomic mass is 32.2. The van der Waals surface area contributed by atoms with Crippen LogP contribution in [0.4, 0.5) is 0 Å². The average molecular weight is 388 g/mol. The first-order valence-corrected chi connectivity index (χ1v) is 11.1. The fourth-order valence-corrected chi connectivity index (χ4v) is 5.21. The Hall–Kier alpha value is -1.35. The third kappa shape index (κ3) is 5.33. The van der Waals surface area contributed by atoms with Gasteiger partial charge in [0.1, 0.15) is 0 Å². The second kappa shape index (κ2) is 8.12. The number of carbonyl (C=O) groups is 1. The zero-order valence-electron chi connectivity index (χ0n) is 16.4. The molecule has 0 aromatic rings.